The molecular weight excluding hydrogens is 316 g/mol. The van der Waals surface area contributed by atoms with Crippen molar-refractivity contribution in [2.45, 2.75) is 25.7 Å². The monoisotopic (exact) mass is 332 g/mol. The number of hydrogen-bond donors (Lipinski definition) is 0. The maximum absolute atomic E-state index is 12.3. The number of aromatic nitrogens is 4. The van der Waals surface area contributed by atoms with Crippen LogP contribution in [0.1, 0.15) is 47.6 Å². The van der Waals surface area contributed by atoms with Gasteiger partial charge in [-0.2, -0.15) is 5.10 Å². The van der Waals surface area contributed by atoms with E-state index in [9.17, 15) is 4.79 Å². The largest absolute Gasteiger partial charge is 0.461 e. The molecule has 0 N–H and O–H groups in total. The zero-order valence-corrected chi connectivity index (χ0v) is 13.8. The van der Waals surface area contributed by atoms with Gasteiger partial charge in [0, 0.05) is 17.7 Å². The van der Waals surface area contributed by atoms with Crippen LogP contribution in [0.4, 0.5) is 0 Å². The number of ether oxygens (including phenoxy) is 1. The van der Waals surface area contributed by atoms with Crippen molar-refractivity contribution in [2.75, 3.05) is 6.61 Å². The Morgan fingerprint density at radius 1 is 1.44 bits per heavy atom. The molecule has 6 heteroatoms. The third kappa shape index (κ3) is 2.74. The summed E-state index contributed by atoms with van der Waals surface area (Å²) in [7, 11) is 0. The molecule has 2 heterocycles. The van der Waals surface area contributed by atoms with Crippen LogP contribution in [0.3, 0.4) is 0 Å². The number of benzene rings is 1. The van der Waals surface area contributed by atoms with E-state index in [1.54, 1.807) is 17.8 Å². The highest BCUT2D eigenvalue weighted by Crippen LogP contribution is 2.38. The van der Waals surface area contributed by atoms with Crippen molar-refractivity contribution in [2.24, 2.45) is 0 Å². The molecule has 1 fully saturated rings. The molecule has 0 atom stereocenters. The van der Waals surface area contributed by atoms with Gasteiger partial charge in [-0.1, -0.05) is 12.0 Å². The summed E-state index contributed by atoms with van der Waals surface area (Å²) in [6, 6.07) is 7.40. The van der Waals surface area contributed by atoms with Gasteiger partial charge in [0.15, 0.2) is 11.3 Å². The van der Waals surface area contributed by atoms with E-state index in [1.165, 1.54) is 0 Å². The molecule has 0 spiro atoms. The molecule has 0 bridgehead atoms. The van der Waals surface area contributed by atoms with E-state index in [1.807, 2.05) is 24.3 Å². The Bertz CT molecular complexity index is 1010. The summed E-state index contributed by atoms with van der Waals surface area (Å²) >= 11 is 0. The second kappa shape index (κ2) is 6.02. The lowest BCUT2D eigenvalue weighted by atomic mass is 10.2. The zero-order chi connectivity index (χ0) is 17.4. The Morgan fingerprint density at radius 3 is 3.00 bits per heavy atom. The molecule has 0 radical (unpaired) electrons. The number of terminal acetylenes is 1. The van der Waals surface area contributed by atoms with Gasteiger partial charge in [-0.15, -0.1) is 6.42 Å². The summed E-state index contributed by atoms with van der Waals surface area (Å²) in [4.78, 5) is 21.3. The van der Waals surface area contributed by atoms with Crippen molar-refractivity contribution in [1.29, 1.82) is 0 Å². The lowest BCUT2D eigenvalue weighted by molar-refractivity contribution is 0.0521. The molecule has 6 nitrogen and oxygen atoms in total. The SMILES string of the molecule is C#Cc1cccc(-n2nc(C(=O)OCC)c3cnc(C4CC4)nc32)c1. The first-order chi connectivity index (χ1) is 12.2. The lowest BCUT2D eigenvalue weighted by Gasteiger charge is -2.04. The minimum absolute atomic E-state index is 0.213. The van der Waals surface area contributed by atoms with Crippen LogP contribution in [0.5, 0.6) is 0 Å². The maximum atomic E-state index is 12.3. The zero-order valence-electron chi connectivity index (χ0n) is 13.8. The lowest BCUT2D eigenvalue weighted by Crippen LogP contribution is -2.07. The molecule has 0 amide bonds. The average molecular weight is 332 g/mol. The van der Waals surface area contributed by atoms with Gasteiger partial charge in [-0.25, -0.2) is 19.4 Å². The van der Waals surface area contributed by atoms with Crippen LogP contribution in [0, 0.1) is 12.3 Å². The molecular formula is C19H16N4O2. The van der Waals surface area contributed by atoms with Crippen molar-refractivity contribution >= 4 is 17.0 Å². The Morgan fingerprint density at radius 2 is 2.28 bits per heavy atom. The Balaban J connectivity index is 1.93. The molecule has 0 saturated heterocycles. The highest BCUT2D eigenvalue weighted by Gasteiger charge is 2.28. The second-order valence-corrected chi connectivity index (χ2v) is 5.92. The first-order valence-electron chi connectivity index (χ1n) is 8.21. The third-order valence-electron chi connectivity index (χ3n) is 4.11. The number of esters is 1. The third-order valence-corrected chi connectivity index (χ3v) is 4.11. The first-order valence-corrected chi connectivity index (χ1v) is 8.21. The minimum atomic E-state index is -0.484. The fourth-order valence-corrected chi connectivity index (χ4v) is 2.71. The quantitative estimate of drug-likeness (QED) is 0.543. The number of carbonyl (C=O) groups is 1. The summed E-state index contributed by atoms with van der Waals surface area (Å²) in [5, 5.41) is 5.02. The normalized spacial score (nSPS) is 13.6. The highest BCUT2D eigenvalue weighted by molar-refractivity contribution is 6.01. The molecule has 124 valence electrons. The van der Waals surface area contributed by atoms with E-state index in [0.717, 1.165) is 29.9 Å². The van der Waals surface area contributed by atoms with Gasteiger partial charge in [0.05, 0.1) is 17.7 Å². The van der Waals surface area contributed by atoms with Gasteiger partial charge in [0.1, 0.15) is 5.82 Å². The van der Waals surface area contributed by atoms with Gasteiger partial charge >= 0.3 is 5.97 Å². The van der Waals surface area contributed by atoms with Crippen LogP contribution < -0.4 is 0 Å². The average Bonchev–Trinajstić information content (AvgIpc) is 3.42. The molecule has 3 aromatic rings. The van der Waals surface area contributed by atoms with Crippen LogP contribution in [0.15, 0.2) is 30.5 Å². The predicted octanol–water partition coefficient (Wildman–Crippen LogP) is 2.85. The van der Waals surface area contributed by atoms with Crippen molar-refractivity contribution in [3.8, 4) is 18.0 Å². The van der Waals surface area contributed by atoms with E-state index in [0.29, 0.717) is 17.0 Å². The van der Waals surface area contributed by atoms with Crippen LogP contribution in [-0.4, -0.2) is 32.3 Å². The molecule has 4 rings (SSSR count). The maximum Gasteiger partial charge on any atom is 0.359 e. The Hall–Kier alpha value is -3.20. The first kappa shape index (κ1) is 15.3. The highest BCUT2D eigenvalue weighted by atomic mass is 16.5. The van der Waals surface area contributed by atoms with Crippen LogP contribution in [0.25, 0.3) is 16.7 Å². The number of rotatable bonds is 4. The van der Waals surface area contributed by atoms with Crippen LogP contribution in [0.2, 0.25) is 0 Å². The summed E-state index contributed by atoms with van der Waals surface area (Å²) < 4.78 is 6.75. The van der Waals surface area contributed by atoms with Gasteiger partial charge in [0.25, 0.3) is 0 Å². The number of hydrogen-bond acceptors (Lipinski definition) is 5. The van der Waals surface area contributed by atoms with Crippen LogP contribution in [-0.2, 0) is 4.74 Å². The topological polar surface area (TPSA) is 69.9 Å². The smallest absolute Gasteiger partial charge is 0.359 e. The molecule has 1 saturated carbocycles. The summed E-state index contributed by atoms with van der Waals surface area (Å²) in [5.41, 5.74) is 2.28. The summed E-state index contributed by atoms with van der Waals surface area (Å²) in [6.07, 6.45) is 9.35. The van der Waals surface area contributed by atoms with Crippen LogP contribution >= 0.6 is 0 Å². The standard InChI is InChI=1S/C19H16N4O2/c1-3-12-6-5-7-14(10-12)23-18-15(16(22-23)19(24)25-4-2)11-20-17(21-18)13-8-9-13/h1,5-7,10-11,13H,4,8-9H2,2H3. The summed E-state index contributed by atoms with van der Waals surface area (Å²) in [6.45, 7) is 2.04. The molecule has 1 aromatic carbocycles. The Labute approximate surface area is 144 Å². The van der Waals surface area contributed by atoms with E-state index in [4.69, 9.17) is 11.2 Å². The fourth-order valence-electron chi connectivity index (χ4n) is 2.71. The number of nitrogens with zero attached hydrogens (tertiary/aromatic N) is 4. The van der Waals surface area contributed by atoms with Crippen molar-refractivity contribution < 1.29 is 9.53 Å². The molecule has 1 aliphatic rings. The fraction of sp³-hybridized carbons (Fsp3) is 0.263. The van der Waals surface area contributed by atoms with Crippen molar-refractivity contribution in [3.05, 3.63) is 47.5 Å². The van der Waals surface area contributed by atoms with E-state index < -0.39 is 5.97 Å². The van der Waals surface area contributed by atoms with Crippen molar-refractivity contribution in [1.82, 2.24) is 19.7 Å². The second-order valence-electron chi connectivity index (χ2n) is 5.92. The summed E-state index contributed by atoms with van der Waals surface area (Å²) in [5.74, 6) is 3.31. The van der Waals surface area contributed by atoms with E-state index >= 15 is 0 Å². The van der Waals surface area contributed by atoms with E-state index in [-0.39, 0.29) is 12.3 Å². The van der Waals surface area contributed by atoms with Gasteiger partial charge in [0.2, 0.25) is 0 Å². The molecule has 1 aliphatic carbocycles. The van der Waals surface area contributed by atoms with Gasteiger partial charge in [-0.05, 0) is 38.0 Å². The molecule has 0 aliphatic heterocycles. The van der Waals surface area contributed by atoms with Gasteiger partial charge < -0.3 is 4.74 Å². The molecule has 0 unspecified atom stereocenters. The Kier molecular flexibility index (Phi) is 3.69. The molecule has 2 aromatic heterocycles. The van der Waals surface area contributed by atoms with Crippen molar-refractivity contribution in [3.63, 3.8) is 0 Å². The van der Waals surface area contributed by atoms with Gasteiger partial charge in [-0.3, -0.25) is 0 Å². The predicted molar refractivity (Wildman–Crippen MR) is 92.5 cm³/mol. The van der Waals surface area contributed by atoms with E-state index in [2.05, 4.69) is 21.0 Å². The number of fused-ring (bicyclic) bond motifs is 1. The molecule has 25 heavy (non-hydrogen) atoms. The minimum Gasteiger partial charge on any atom is -0.461 e. The number of carbonyl (C=O) groups excluding carboxylic acids is 1.